The lowest BCUT2D eigenvalue weighted by Crippen LogP contribution is -2.02. The summed E-state index contributed by atoms with van der Waals surface area (Å²) in [6.07, 6.45) is 6.84. The van der Waals surface area contributed by atoms with Crippen molar-refractivity contribution in [2.24, 2.45) is 0 Å². The summed E-state index contributed by atoms with van der Waals surface area (Å²) in [4.78, 5) is 0. The minimum Gasteiger partial charge on any atom is -0.0836 e. The van der Waals surface area contributed by atoms with Crippen molar-refractivity contribution in [3.05, 3.63) is 151 Å². The van der Waals surface area contributed by atoms with E-state index in [0.29, 0.717) is 0 Å². The number of allylic oxidation sites excluding steroid dienone is 1. The third-order valence-corrected chi connectivity index (χ3v) is 8.52. The van der Waals surface area contributed by atoms with Gasteiger partial charge in [-0.3, -0.25) is 0 Å². The van der Waals surface area contributed by atoms with Crippen LogP contribution in [0.2, 0.25) is 0 Å². The van der Waals surface area contributed by atoms with E-state index in [-0.39, 0.29) is 0 Å². The molecule has 202 valence electrons. The van der Waals surface area contributed by atoms with Crippen molar-refractivity contribution in [3.63, 3.8) is 0 Å². The highest BCUT2D eigenvalue weighted by Gasteiger charge is 2.21. The molecule has 0 heteroatoms. The standard InChI is InChI=1S/C40H28.C2H6/c1-2-12-31-26-32(25-20-27(31)10-1)40-37-17-7-5-15-35(37)39(36-16-6-8-18-38(36)40)30-23-21-29(22-24-30)34-19-9-13-28-11-3-4-14-33(28)34;1-2/h1-7,9-17,19-26H,8,18H2;1-2H3. The largest absolute Gasteiger partial charge is 0.0836 e. The SMILES string of the molecule is C1=Cc2c(c(-c3ccc4ccccc4c3)c3ccccc3c2-c2ccc(-c3cccc4ccccc34)cc2)CC1.CC. The molecule has 0 aliphatic heterocycles. The summed E-state index contributed by atoms with van der Waals surface area (Å²) in [5.74, 6) is 0. The van der Waals surface area contributed by atoms with Crippen molar-refractivity contribution < 1.29 is 0 Å². The van der Waals surface area contributed by atoms with Gasteiger partial charge in [0.25, 0.3) is 0 Å². The molecule has 0 spiro atoms. The predicted octanol–water partition coefficient (Wildman–Crippen LogP) is 12.1. The maximum atomic E-state index is 2.37. The molecule has 0 unspecified atom stereocenters. The average molecular weight is 539 g/mol. The van der Waals surface area contributed by atoms with E-state index < -0.39 is 0 Å². The highest BCUT2D eigenvalue weighted by Crippen LogP contribution is 2.45. The second-order valence-electron chi connectivity index (χ2n) is 10.8. The second kappa shape index (κ2) is 11.1. The fourth-order valence-corrected chi connectivity index (χ4v) is 6.66. The molecule has 1 aliphatic carbocycles. The number of hydrogen-bond acceptors (Lipinski definition) is 0. The maximum Gasteiger partial charge on any atom is -0.00297 e. The van der Waals surface area contributed by atoms with E-state index in [1.807, 2.05) is 13.8 Å². The van der Waals surface area contributed by atoms with Crippen LogP contribution in [0.4, 0.5) is 0 Å². The molecule has 0 radical (unpaired) electrons. The van der Waals surface area contributed by atoms with Crippen LogP contribution in [0.1, 0.15) is 31.4 Å². The summed E-state index contributed by atoms with van der Waals surface area (Å²) >= 11 is 0. The van der Waals surface area contributed by atoms with Gasteiger partial charge in [0.2, 0.25) is 0 Å². The van der Waals surface area contributed by atoms with Crippen molar-refractivity contribution >= 4 is 38.4 Å². The van der Waals surface area contributed by atoms with Gasteiger partial charge >= 0.3 is 0 Å². The summed E-state index contributed by atoms with van der Waals surface area (Å²) in [5.41, 5.74) is 10.7. The van der Waals surface area contributed by atoms with Gasteiger partial charge < -0.3 is 0 Å². The lowest BCUT2D eigenvalue weighted by atomic mass is 9.80. The Morgan fingerprint density at radius 3 is 1.83 bits per heavy atom. The number of hydrogen-bond donors (Lipinski definition) is 0. The molecular formula is C42H34. The van der Waals surface area contributed by atoms with Crippen molar-refractivity contribution in [1.82, 2.24) is 0 Å². The molecule has 0 amide bonds. The zero-order valence-corrected chi connectivity index (χ0v) is 24.3. The van der Waals surface area contributed by atoms with E-state index >= 15 is 0 Å². The fraction of sp³-hybridized carbons (Fsp3) is 0.0952. The summed E-state index contributed by atoms with van der Waals surface area (Å²) in [7, 11) is 0. The Morgan fingerprint density at radius 1 is 0.452 bits per heavy atom. The Hall–Kier alpha value is -4.94. The topological polar surface area (TPSA) is 0 Å². The zero-order chi connectivity index (χ0) is 28.5. The van der Waals surface area contributed by atoms with Crippen molar-refractivity contribution in [3.8, 4) is 33.4 Å². The molecule has 0 saturated heterocycles. The first-order valence-electron chi connectivity index (χ1n) is 15.2. The lowest BCUT2D eigenvalue weighted by molar-refractivity contribution is 0.991. The summed E-state index contributed by atoms with van der Waals surface area (Å²) < 4.78 is 0. The van der Waals surface area contributed by atoms with Gasteiger partial charge in [0.1, 0.15) is 0 Å². The van der Waals surface area contributed by atoms with E-state index in [1.165, 1.54) is 76.8 Å². The quantitative estimate of drug-likeness (QED) is 0.210. The molecule has 7 aromatic carbocycles. The minimum absolute atomic E-state index is 1.06. The van der Waals surface area contributed by atoms with Crippen LogP contribution in [0.15, 0.2) is 140 Å². The van der Waals surface area contributed by atoms with Gasteiger partial charge in [0.05, 0.1) is 0 Å². The zero-order valence-electron chi connectivity index (χ0n) is 24.3. The third-order valence-electron chi connectivity index (χ3n) is 8.52. The molecular weight excluding hydrogens is 504 g/mol. The molecule has 0 atom stereocenters. The Labute approximate surface area is 248 Å². The molecule has 0 nitrogen and oxygen atoms in total. The molecule has 0 bridgehead atoms. The van der Waals surface area contributed by atoms with Gasteiger partial charge in [-0.15, -0.1) is 0 Å². The first kappa shape index (κ1) is 26.0. The smallest absolute Gasteiger partial charge is 0.00297 e. The van der Waals surface area contributed by atoms with Gasteiger partial charge in [0, 0.05) is 0 Å². The summed E-state index contributed by atoms with van der Waals surface area (Å²) in [5, 5.41) is 7.79. The normalized spacial score (nSPS) is 12.2. The second-order valence-corrected chi connectivity index (χ2v) is 10.8. The number of rotatable bonds is 3. The van der Waals surface area contributed by atoms with Crippen LogP contribution in [-0.4, -0.2) is 0 Å². The molecule has 0 heterocycles. The molecule has 0 saturated carbocycles. The highest BCUT2D eigenvalue weighted by molar-refractivity contribution is 6.11. The first-order chi connectivity index (χ1) is 20.8. The Bertz CT molecular complexity index is 2090. The Morgan fingerprint density at radius 2 is 1.05 bits per heavy atom. The van der Waals surface area contributed by atoms with E-state index in [9.17, 15) is 0 Å². The van der Waals surface area contributed by atoms with Crippen molar-refractivity contribution in [2.75, 3.05) is 0 Å². The first-order valence-corrected chi connectivity index (χ1v) is 15.2. The van der Waals surface area contributed by atoms with Crippen LogP contribution in [0.25, 0.3) is 71.8 Å². The number of benzene rings is 7. The van der Waals surface area contributed by atoms with Crippen molar-refractivity contribution in [1.29, 1.82) is 0 Å². The Kier molecular flexibility index (Phi) is 6.90. The van der Waals surface area contributed by atoms with Crippen LogP contribution in [0, 0.1) is 0 Å². The minimum atomic E-state index is 1.06. The van der Waals surface area contributed by atoms with Crippen LogP contribution in [0.3, 0.4) is 0 Å². The molecule has 7 aromatic rings. The van der Waals surface area contributed by atoms with E-state index in [1.54, 1.807) is 0 Å². The fourth-order valence-electron chi connectivity index (χ4n) is 6.66. The molecule has 1 aliphatic rings. The highest BCUT2D eigenvalue weighted by atomic mass is 14.2. The molecule has 42 heavy (non-hydrogen) atoms. The summed E-state index contributed by atoms with van der Waals surface area (Å²) in [6, 6.07) is 49.0. The molecule has 0 N–H and O–H groups in total. The molecule has 0 aromatic heterocycles. The van der Waals surface area contributed by atoms with Crippen LogP contribution in [-0.2, 0) is 6.42 Å². The van der Waals surface area contributed by atoms with Crippen LogP contribution in [0.5, 0.6) is 0 Å². The van der Waals surface area contributed by atoms with Gasteiger partial charge in [0.15, 0.2) is 0 Å². The van der Waals surface area contributed by atoms with Crippen molar-refractivity contribution in [2.45, 2.75) is 26.7 Å². The molecule has 8 rings (SSSR count). The van der Waals surface area contributed by atoms with Gasteiger partial charge in [-0.05, 0) is 95.7 Å². The van der Waals surface area contributed by atoms with Crippen LogP contribution >= 0.6 is 0 Å². The van der Waals surface area contributed by atoms with Gasteiger partial charge in [-0.2, -0.15) is 0 Å². The third kappa shape index (κ3) is 4.41. The van der Waals surface area contributed by atoms with Gasteiger partial charge in [-0.1, -0.05) is 153 Å². The average Bonchev–Trinajstić information content (AvgIpc) is 3.07. The monoisotopic (exact) mass is 538 g/mol. The number of fused-ring (bicyclic) bond motifs is 4. The van der Waals surface area contributed by atoms with Gasteiger partial charge in [-0.25, -0.2) is 0 Å². The van der Waals surface area contributed by atoms with E-state index in [4.69, 9.17) is 0 Å². The Balaban J connectivity index is 0.00000141. The predicted molar refractivity (Wildman–Crippen MR) is 184 cm³/mol. The lowest BCUT2D eigenvalue weighted by Gasteiger charge is -2.24. The van der Waals surface area contributed by atoms with E-state index in [2.05, 4.69) is 146 Å². The van der Waals surface area contributed by atoms with E-state index in [0.717, 1.165) is 12.8 Å². The van der Waals surface area contributed by atoms with Crippen LogP contribution < -0.4 is 0 Å². The summed E-state index contributed by atoms with van der Waals surface area (Å²) in [6.45, 7) is 4.00. The molecule has 0 fully saturated rings. The maximum absolute atomic E-state index is 2.37.